The molecule has 0 amide bonds. The van der Waals surface area contributed by atoms with Crippen LogP contribution in [0.25, 0.3) is 0 Å². The maximum atomic E-state index is 13.0. The lowest BCUT2D eigenvalue weighted by Crippen LogP contribution is -2.30. The van der Waals surface area contributed by atoms with E-state index < -0.39 is 10.0 Å². The summed E-state index contributed by atoms with van der Waals surface area (Å²) in [4.78, 5) is 13.7. The molecule has 1 aromatic carbocycles. The fourth-order valence-electron chi connectivity index (χ4n) is 3.06. The zero-order valence-corrected chi connectivity index (χ0v) is 15.2. The number of nitrogens with one attached hydrogen (secondary N) is 1. The number of benzene rings is 1. The number of hydrogen-bond acceptors (Lipinski definition) is 5. The molecule has 0 bridgehead atoms. The average Bonchev–Trinajstić information content (AvgIpc) is 3.15. The molecular weight excluding hydrogens is 348 g/mol. The number of aromatic amines is 1. The van der Waals surface area contributed by atoms with Crippen molar-refractivity contribution in [3.05, 3.63) is 45.2 Å². The van der Waals surface area contributed by atoms with Crippen molar-refractivity contribution in [2.45, 2.75) is 36.9 Å². The van der Waals surface area contributed by atoms with Crippen LogP contribution >= 0.6 is 11.3 Å². The molecule has 1 atom stereocenters. The lowest BCUT2D eigenvalue weighted by molar-refractivity contribution is 0.339. The van der Waals surface area contributed by atoms with Crippen molar-refractivity contribution in [2.75, 3.05) is 13.2 Å². The number of ether oxygens (including phenoxy) is 1. The number of aromatic nitrogens is 1. The molecule has 0 radical (unpaired) electrons. The highest BCUT2D eigenvalue weighted by Gasteiger charge is 2.38. The highest BCUT2D eigenvalue weighted by atomic mass is 32.2. The number of hydrogen-bond donors (Lipinski definition) is 1. The van der Waals surface area contributed by atoms with E-state index in [-0.39, 0.29) is 15.1 Å². The number of nitrogens with zero attached hydrogens (tertiary/aromatic N) is 1. The molecule has 1 aromatic heterocycles. The first kappa shape index (κ1) is 17.2. The molecule has 1 N–H and O–H groups in total. The third-order valence-corrected chi connectivity index (χ3v) is 7.59. The van der Waals surface area contributed by atoms with Crippen molar-refractivity contribution < 1.29 is 13.2 Å². The molecule has 0 unspecified atom stereocenters. The predicted octanol–water partition coefficient (Wildman–Crippen LogP) is 2.67. The molecule has 1 saturated heterocycles. The van der Waals surface area contributed by atoms with E-state index in [4.69, 9.17) is 4.74 Å². The fraction of sp³-hybridized carbons (Fsp3) is 0.438. The maximum absolute atomic E-state index is 13.0. The summed E-state index contributed by atoms with van der Waals surface area (Å²) in [6.45, 7) is 4.59. The highest BCUT2D eigenvalue weighted by Crippen LogP contribution is 2.38. The number of aryl methyl sites for hydroxylation is 1. The Kier molecular flexibility index (Phi) is 4.80. The van der Waals surface area contributed by atoms with Gasteiger partial charge >= 0.3 is 4.87 Å². The molecule has 2 aromatic rings. The second kappa shape index (κ2) is 6.70. The van der Waals surface area contributed by atoms with Crippen molar-refractivity contribution in [3.8, 4) is 5.75 Å². The fourth-order valence-corrected chi connectivity index (χ4v) is 6.15. The minimum Gasteiger partial charge on any atom is -0.494 e. The highest BCUT2D eigenvalue weighted by molar-refractivity contribution is 7.91. The first-order chi connectivity index (χ1) is 11.4. The van der Waals surface area contributed by atoms with E-state index in [1.807, 2.05) is 31.2 Å². The number of rotatable bonds is 5. The smallest absolute Gasteiger partial charge is 0.305 e. The summed E-state index contributed by atoms with van der Waals surface area (Å²) in [6.07, 6.45) is 1.57. The molecule has 0 saturated carbocycles. The molecule has 1 aliphatic heterocycles. The Balaban J connectivity index is 1.92. The second-order valence-corrected chi connectivity index (χ2v) is 8.77. The summed E-state index contributed by atoms with van der Waals surface area (Å²) in [5.74, 6) is 0.772. The van der Waals surface area contributed by atoms with Crippen LogP contribution in [0.4, 0.5) is 0 Å². The lowest BCUT2D eigenvalue weighted by atomic mass is 10.1. The molecule has 24 heavy (non-hydrogen) atoms. The van der Waals surface area contributed by atoms with Gasteiger partial charge in [0, 0.05) is 12.2 Å². The van der Waals surface area contributed by atoms with Gasteiger partial charge in [-0.3, -0.25) is 4.79 Å². The molecule has 1 fully saturated rings. The van der Waals surface area contributed by atoms with Gasteiger partial charge in [-0.15, -0.1) is 0 Å². The van der Waals surface area contributed by atoms with Gasteiger partial charge in [0.25, 0.3) is 10.0 Å². The first-order valence-electron chi connectivity index (χ1n) is 7.88. The van der Waals surface area contributed by atoms with Gasteiger partial charge in [0.05, 0.1) is 12.6 Å². The van der Waals surface area contributed by atoms with Crippen LogP contribution in [0.2, 0.25) is 0 Å². The van der Waals surface area contributed by atoms with Crippen molar-refractivity contribution in [1.29, 1.82) is 0 Å². The van der Waals surface area contributed by atoms with Gasteiger partial charge in [-0.1, -0.05) is 23.5 Å². The van der Waals surface area contributed by atoms with Crippen molar-refractivity contribution >= 4 is 21.4 Å². The monoisotopic (exact) mass is 368 g/mol. The Morgan fingerprint density at radius 3 is 2.62 bits per heavy atom. The summed E-state index contributed by atoms with van der Waals surface area (Å²) in [5, 5.41) is 0. The van der Waals surface area contributed by atoms with Crippen LogP contribution in [0.15, 0.2) is 33.3 Å². The Morgan fingerprint density at radius 2 is 2.04 bits per heavy atom. The van der Waals surface area contributed by atoms with Crippen LogP contribution < -0.4 is 9.61 Å². The molecule has 2 heterocycles. The topological polar surface area (TPSA) is 79.5 Å². The van der Waals surface area contributed by atoms with Crippen LogP contribution in [0.5, 0.6) is 5.75 Å². The molecule has 0 spiro atoms. The summed E-state index contributed by atoms with van der Waals surface area (Å²) in [5.41, 5.74) is 1.35. The van der Waals surface area contributed by atoms with E-state index in [0.717, 1.165) is 35.5 Å². The van der Waals surface area contributed by atoms with Crippen LogP contribution in [-0.4, -0.2) is 30.9 Å². The van der Waals surface area contributed by atoms with E-state index >= 15 is 0 Å². The van der Waals surface area contributed by atoms with E-state index in [1.165, 1.54) is 4.31 Å². The van der Waals surface area contributed by atoms with E-state index in [2.05, 4.69) is 4.98 Å². The molecule has 130 valence electrons. The van der Waals surface area contributed by atoms with Gasteiger partial charge in [-0.2, -0.15) is 4.31 Å². The molecule has 1 aliphatic rings. The van der Waals surface area contributed by atoms with Crippen molar-refractivity contribution in [2.24, 2.45) is 0 Å². The molecule has 8 heteroatoms. The van der Waals surface area contributed by atoms with Crippen LogP contribution in [0.3, 0.4) is 0 Å². The number of sulfonamides is 1. The largest absolute Gasteiger partial charge is 0.494 e. The van der Waals surface area contributed by atoms with Crippen molar-refractivity contribution in [1.82, 2.24) is 9.29 Å². The zero-order chi connectivity index (χ0) is 17.3. The quantitative estimate of drug-likeness (QED) is 0.880. The average molecular weight is 368 g/mol. The molecule has 3 rings (SSSR count). The maximum Gasteiger partial charge on any atom is 0.305 e. The summed E-state index contributed by atoms with van der Waals surface area (Å²) in [7, 11) is -3.68. The van der Waals surface area contributed by atoms with Gasteiger partial charge in [-0.05, 0) is 44.4 Å². The van der Waals surface area contributed by atoms with Gasteiger partial charge in [0.15, 0.2) is 4.21 Å². The summed E-state index contributed by atoms with van der Waals surface area (Å²) < 4.78 is 33.0. The Hall–Kier alpha value is -1.64. The SMILES string of the molecule is CCOc1ccc([C@H]2CCCN2S(=O)(=O)c2sc(=O)[nH]c2C)cc1. The molecular formula is C16H20N2O4S2. The molecule has 0 aliphatic carbocycles. The van der Waals surface area contributed by atoms with Crippen LogP contribution in [0, 0.1) is 6.92 Å². The number of thiazole rings is 1. The zero-order valence-electron chi connectivity index (χ0n) is 13.6. The van der Waals surface area contributed by atoms with Crippen molar-refractivity contribution in [3.63, 3.8) is 0 Å². The summed E-state index contributed by atoms with van der Waals surface area (Å²) in [6, 6.07) is 7.34. The Labute approximate surface area is 145 Å². The normalized spacial score (nSPS) is 18.8. The lowest BCUT2D eigenvalue weighted by Gasteiger charge is -2.24. The second-order valence-electron chi connectivity index (χ2n) is 5.70. The first-order valence-corrected chi connectivity index (χ1v) is 10.1. The van der Waals surface area contributed by atoms with Gasteiger partial charge in [0.1, 0.15) is 5.75 Å². The standard InChI is InChI=1S/C16H20N2O4S2/c1-3-22-13-8-6-12(7-9-13)14-5-4-10-18(14)24(20,21)15-11(2)17-16(19)23-15/h6-9,14H,3-5,10H2,1-2H3,(H,17,19)/t14-/m1/s1. The number of H-pyrrole nitrogens is 1. The van der Waals surface area contributed by atoms with E-state index in [1.54, 1.807) is 6.92 Å². The minimum atomic E-state index is -3.68. The van der Waals surface area contributed by atoms with Crippen LogP contribution in [-0.2, 0) is 10.0 Å². The van der Waals surface area contributed by atoms with E-state index in [9.17, 15) is 13.2 Å². The predicted molar refractivity (Wildman–Crippen MR) is 93.2 cm³/mol. The van der Waals surface area contributed by atoms with E-state index in [0.29, 0.717) is 18.8 Å². The van der Waals surface area contributed by atoms with Gasteiger partial charge in [0.2, 0.25) is 0 Å². The third kappa shape index (κ3) is 3.13. The Morgan fingerprint density at radius 1 is 1.33 bits per heavy atom. The Bertz CT molecular complexity index is 868. The third-order valence-electron chi connectivity index (χ3n) is 4.10. The minimum absolute atomic E-state index is 0.116. The van der Waals surface area contributed by atoms with Gasteiger partial charge in [-0.25, -0.2) is 8.42 Å². The van der Waals surface area contributed by atoms with Crippen LogP contribution in [0.1, 0.15) is 37.1 Å². The summed E-state index contributed by atoms with van der Waals surface area (Å²) >= 11 is 0.754. The van der Waals surface area contributed by atoms with Gasteiger partial charge < -0.3 is 9.72 Å². The molecule has 6 nitrogen and oxygen atoms in total.